The number of rotatable bonds is 2. The first-order valence-corrected chi connectivity index (χ1v) is 5.51. The molecule has 1 heterocycles. The second-order valence-electron chi connectivity index (χ2n) is 4.47. The minimum absolute atomic E-state index is 0.288. The van der Waals surface area contributed by atoms with Gasteiger partial charge in [-0.3, -0.25) is 0 Å². The Morgan fingerprint density at radius 3 is 2.67 bits per heavy atom. The number of hydrogen-bond acceptors (Lipinski definition) is 2. The Morgan fingerprint density at radius 1 is 1.27 bits per heavy atom. The maximum absolute atomic E-state index is 5.86. The molecular weight excluding hydrogens is 188 g/mol. The molecule has 0 saturated carbocycles. The summed E-state index contributed by atoms with van der Waals surface area (Å²) in [6, 6.07) is 10.5. The van der Waals surface area contributed by atoms with Crippen LogP contribution in [-0.4, -0.2) is 18.5 Å². The Morgan fingerprint density at radius 2 is 2.00 bits per heavy atom. The topological polar surface area (TPSA) is 18.5 Å². The fraction of sp³-hybridized carbons (Fsp3) is 0.538. The lowest BCUT2D eigenvalue weighted by Gasteiger charge is -2.36. The van der Waals surface area contributed by atoms with Gasteiger partial charge < -0.3 is 9.47 Å². The summed E-state index contributed by atoms with van der Waals surface area (Å²) >= 11 is 0. The molecule has 2 rings (SSSR count). The van der Waals surface area contributed by atoms with Gasteiger partial charge in [-0.1, -0.05) is 30.3 Å². The van der Waals surface area contributed by atoms with Gasteiger partial charge in [0.15, 0.2) is 5.79 Å². The molecule has 82 valence electrons. The van der Waals surface area contributed by atoms with E-state index in [1.54, 1.807) is 0 Å². The molecule has 1 saturated heterocycles. The highest BCUT2D eigenvalue weighted by Crippen LogP contribution is 2.24. The lowest BCUT2D eigenvalue weighted by molar-refractivity contribution is -0.272. The van der Waals surface area contributed by atoms with Crippen LogP contribution in [0, 0.1) is 0 Å². The van der Waals surface area contributed by atoms with Gasteiger partial charge in [0.25, 0.3) is 0 Å². The Labute approximate surface area is 91.2 Å². The van der Waals surface area contributed by atoms with Gasteiger partial charge in [-0.05, 0) is 32.3 Å². The third-order valence-corrected chi connectivity index (χ3v) is 2.65. The molecule has 0 aromatic heterocycles. The third kappa shape index (κ3) is 3.05. The van der Waals surface area contributed by atoms with Crippen LogP contribution in [0.5, 0.6) is 0 Å². The first kappa shape index (κ1) is 10.7. The van der Waals surface area contributed by atoms with Crippen molar-refractivity contribution in [2.45, 2.75) is 38.6 Å². The van der Waals surface area contributed by atoms with E-state index in [1.807, 2.05) is 19.9 Å². The molecule has 2 nitrogen and oxygen atoms in total. The Bertz CT molecular complexity index is 306. The zero-order valence-corrected chi connectivity index (χ0v) is 9.40. The molecule has 0 bridgehead atoms. The Balaban J connectivity index is 1.95. The van der Waals surface area contributed by atoms with Gasteiger partial charge in [-0.15, -0.1) is 0 Å². The molecule has 0 N–H and O–H groups in total. The summed E-state index contributed by atoms with van der Waals surface area (Å²) in [6.07, 6.45) is 2.25. The van der Waals surface area contributed by atoms with Crippen LogP contribution in [-0.2, 0) is 15.9 Å². The largest absolute Gasteiger partial charge is 0.350 e. The van der Waals surface area contributed by atoms with Crippen LogP contribution in [0.25, 0.3) is 0 Å². The fourth-order valence-corrected chi connectivity index (χ4v) is 1.95. The lowest BCUT2D eigenvalue weighted by atomic mass is 10.0. The number of benzene rings is 1. The molecule has 1 aliphatic rings. The maximum atomic E-state index is 5.86. The van der Waals surface area contributed by atoms with Gasteiger partial charge in [0.1, 0.15) is 0 Å². The van der Waals surface area contributed by atoms with Crippen molar-refractivity contribution in [2.75, 3.05) is 6.61 Å². The van der Waals surface area contributed by atoms with Crippen molar-refractivity contribution in [1.82, 2.24) is 0 Å². The first-order chi connectivity index (χ1) is 7.16. The van der Waals surface area contributed by atoms with Gasteiger partial charge in [-0.25, -0.2) is 0 Å². The monoisotopic (exact) mass is 206 g/mol. The zero-order valence-electron chi connectivity index (χ0n) is 9.40. The Kier molecular flexibility index (Phi) is 3.08. The second kappa shape index (κ2) is 4.33. The summed E-state index contributed by atoms with van der Waals surface area (Å²) in [6.45, 7) is 4.75. The highest BCUT2D eigenvalue weighted by molar-refractivity contribution is 5.15. The predicted molar refractivity (Wildman–Crippen MR) is 59.7 cm³/mol. The molecule has 1 aromatic rings. The zero-order chi connectivity index (χ0) is 10.7. The summed E-state index contributed by atoms with van der Waals surface area (Å²) in [4.78, 5) is 0. The first-order valence-electron chi connectivity index (χ1n) is 5.51. The average molecular weight is 206 g/mol. The summed E-state index contributed by atoms with van der Waals surface area (Å²) in [5.41, 5.74) is 1.33. The number of hydrogen-bond donors (Lipinski definition) is 0. The van der Waals surface area contributed by atoms with E-state index in [4.69, 9.17) is 9.47 Å². The van der Waals surface area contributed by atoms with Crippen LogP contribution < -0.4 is 0 Å². The van der Waals surface area contributed by atoms with Crippen molar-refractivity contribution in [3.63, 3.8) is 0 Å². The fourth-order valence-electron chi connectivity index (χ4n) is 1.95. The molecular formula is C13H18O2. The quantitative estimate of drug-likeness (QED) is 0.740. The van der Waals surface area contributed by atoms with Crippen molar-refractivity contribution < 1.29 is 9.47 Å². The standard InChI is InChI=1S/C13H18O2/c1-13(2)14-9-8-12(15-13)10-11-6-4-3-5-7-11/h3-7,12H,8-10H2,1-2H3/t12-/m1/s1. The summed E-state index contributed by atoms with van der Waals surface area (Å²) in [5.74, 6) is -0.419. The highest BCUT2D eigenvalue weighted by Gasteiger charge is 2.29. The van der Waals surface area contributed by atoms with Crippen molar-refractivity contribution in [2.24, 2.45) is 0 Å². The van der Waals surface area contributed by atoms with Gasteiger partial charge in [0.2, 0.25) is 0 Å². The van der Waals surface area contributed by atoms with E-state index in [-0.39, 0.29) is 6.10 Å². The minimum Gasteiger partial charge on any atom is -0.350 e. The van der Waals surface area contributed by atoms with Crippen LogP contribution >= 0.6 is 0 Å². The molecule has 0 amide bonds. The summed E-state index contributed by atoms with van der Waals surface area (Å²) < 4.78 is 11.4. The van der Waals surface area contributed by atoms with Crippen molar-refractivity contribution in [1.29, 1.82) is 0 Å². The molecule has 0 radical (unpaired) electrons. The Hall–Kier alpha value is -0.860. The molecule has 0 unspecified atom stereocenters. The molecule has 1 aromatic carbocycles. The molecule has 1 fully saturated rings. The summed E-state index contributed by atoms with van der Waals surface area (Å²) in [5, 5.41) is 0. The van der Waals surface area contributed by atoms with Crippen LogP contribution in [0.3, 0.4) is 0 Å². The van der Waals surface area contributed by atoms with Gasteiger partial charge in [-0.2, -0.15) is 0 Å². The minimum atomic E-state index is -0.419. The van der Waals surface area contributed by atoms with E-state index in [0.29, 0.717) is 0 Å². The van der Waals surface area contributed by atoms with E-state index in [0.717, 1.165) is 19.4 Å². The van der Waals surface area contributed by atoms with E-state index < -0.39 is 5.79 Å². The molecule has 1 aliphatic heterocycles. The predicted octanol–water partition coefficient (Wildman–Crippen LogP) is 2.77. The molecule has 0 aliphatic carbocycles. The van der Waals surface area contributed by atoms with Crippen LogP contribution in [0.2, 0.25) is 0 Å². The van der Waals surface area contributed by atoms with Crippen molar-refractivity contribution in [3.05, 3.63) is 35.9 Å². The smallest absolute Gasteiger partial charge is 0.163 e. The van der Waals surface area contributed by atoms with Crippen LogP contribution in [0.4, 0.5) is 0 Å². The van der Waals surface area contributed by atoms with E-state index in [2.05, 4.69) is 24.3 Å². The van der Waals surface area contributed by atoms with Gasteiger partial charge in [0.05, 0.1) is 12.7 Å². The lowest BCUT2D eigenvalue weighted by Crippen LogP contribution is -2.40. The van der Waals surface area contributed by atoms with Crippen molar-refractivity contribution >= 4 is 0 Å². The van der Waals surface area contributed by atoms with E-state index >= 15 is 0 Å². The second-order valence-corrected chi connectivity index (χ2v) is 4.47. The van der Waals surface area contributed by atoms with Gasteiger partial charge >= 0.3 is 0 Å². The highest BCUT2D eigenvalue weighted by atomic mass is 16.7. The van der Waals surface area contributed by atoms with Crippen LogP contribution in [0.15, 0.2) is 30.3 Å². The molecule has 15 heavy (non-hydrogen) atoms. The van der Waals surface area contributed by atoms with Crippen LogP contribution in [0.1, 0.15) is 25.8 Å². The molecule has 2 heteroatoms. The van der Waals surface area contributed by atoms with E-state index in [1.165, 1.54) is 5.56 Å². The van der Waals surface area contributed by atoms with Gasteiger partial charge in [0, 0.05) is 0 Å². The maximum Gasteiger partial charge on any atom is 0.163 e. The SMILES string of the molecule is CC1(C)OCC[C@H](Cc2ccccc2)O1. The molecule has 1 atom stereocenters. The van der Waals surface area contributed by atoms with E-state index in [9.17, 15) is 0 Å². The van der Waals surface area contributed by atoms with Crippen molar-refractivity contribution in [3.8, 4) is 0 Å². The molecule has 0 spiro atoms. The normalized spacial score (nSPS) is 25.1. The summed E-state index contributed by atoms with van der Waals surface area (Å²) in [7, 11) is 0. The average Bonchev–Trinajstić information content (AvgIpc) is 2.17. The third-order valence-electron chi connectivity index (χ3n) is 2.65. The number of ether oxygens (including phenoxy) is 2.